The standard InChI is InChI=1S/C17H27NO/c1-4-18-12-16(11-17-9-8-14(3)19-17)15-7-5-6-13(2)10-15/h5-7,10,14,16-18H,4,8-9,11-12H2,1-3H3. The lowest BCUT2D eigenvalue weighted by Gasteiger charge is -2.22. The molecule has 0 aromatic heterocycles. The molecule has 3 unspecified atom stereocenters. The molecule has 0 amide bonds. The quantitative estimate of drug-likeness (QED) is 0.844. The molecule has 2 nitrogen and oxygen atoms in total. The number of hydrogen-bond donors (Lipinski definition) is 1. The van der Waals surface area contributed by atoms with Crippen LogP contribution in [0.2, 0.25) is 0 Å². The summed E-state index contributed by atoms with van der Waals surface area (Å²) >= 11 is 0. The van der Waals surface area contributed by atoms with Crippen LogP contribution in [0.4, 0.5) is 0 Å². The van der Waals surface area contributed by atoms with Gasteiger partial charge in [-0.05, 0) is 51.1 Å². The van der Waals surface area contributed by atoms with E-state index in [2.05, 4.69) is 50.4 Å². The third kappa shape index (κ3) is 4.32. The molecule has 1 fully saturated rings. The summed E-state index contributed by atoms with van der Waals surface area (Å²) in [6, 6.07) is 8.91. The maximum absolute atomic E-state index is 6.00. The molecule has 1 aliphatic heterocycles. The molecular formula is C17H27NO. The first-order chi connectivity index (χ1) is 9.19. The summed E-state index contributed by atoms with van der Waals surface area (Å²) in [5.41, 5.74) is 2.80. The van der Waals surface area contributed by atoms with Gasteiger partial charge < -0.3 is 10.1 Å². The summed E-state index contributed by atoms with van der Waals surface area (Å²) in [6.07, 6.45) is 4.46. The molecule has 0 bridgehead atoms. The fraction of sp³-hybridized carbons (Fsp3) is 0.647. The van der Waals surface area contributed by atoms with Crippen molar-refractivity contribution in [2.24, 2.45) is 0 Å². The van der Waals surface area contributed by atoms with Crippen molar-refractivity contribution in [3.63, 3.8) is 0 Å². The van der Waals surface area contributed by atoms with Gasteiger partial charge in [0, 0.05) is 6.54 Å². The van der Waals surface area contributed by atoms with E-state index in [1.807, 2.05) is 0 Å². The average molecular weight is 261 g/mol. The van der Waals surface area contributed by atoms with Gasteiger partial charge in [0.2, 0.25) is 0 Å². The van der Waals surface area contributed by atoms with Gasteiger partial charge in [0.05, 0.1) is 12.2 Å². The van der Waals surface area contributed by atoms with Crippen molar-refractivity contribution < 1.29 is 4.74 Å². The van der Waals surface area contributed by atoms with E-state index in [0.717, 1.165) is 19.5 Å². The van der Waals surface area contributed by atoms with Crippen LogP contribution in [-0.2, 0) is 4.74 Å². The van der Waals surface area contributed by atoms with Gasteiger partial charge >= 0.3 is 0 Å². The lowest BCUT2D eigenvalue weighted by molar-refractivity contribution is 0.0466. The molecule has 3 atom stereocenters. The summed E-state index contributed by atoms with van der Waals surface area (Å²) < 4.78 is 6.00. The van der Waals surface area contributed by atoms with E-state index in [0.29, 0.717) is 18.1 Å². The molecule has 106 valence electrons. The molecule has 19 heavy (non-hydrogen) atoms. The minimum atomic E-state index is 0.444. The first-order valence-corrected chi connectivity index (χ1v) is 7.61. The van der Waals surface area contributed by atoms with Crippen LogP contribution in [0.15, 0.2) is 24.3 Å². The normalized spacial score (nSPS) is 24.6. The van der Waals surface area contributed by atoms with Gasteiger partial charge in [-0.1, -0.05) is 36.8 Å². The second-order valence-corrected chi connectivity index (χ2v) is 5.80. The molecule has 2 heteroatoms. The largest absolute Gasteiger partial charge is 0.375 e. The molecule has 0 saturated carbocycles. The van der Waals surface area contributed by atoms with Crippen LogP contribution in [0.1, 0.15) is 50.2 Å². The lowest BCUT2D eigenvalue weighted by Crippen LogP contribution is -2.24. The minimum Gasteiger partial charge on any atom is -0.375 e. The Hall–Kier alpha value is -0.860. The van der Waals surface area contributed by atoms with E-state index in [1.54, 1.807) is 0 Å². The zero-order valence-electron chi connectivity index (χ0n) is 12.5. The van der Waals surface area contributed by atoms with Crippen LogP contribution in [0, 0.1) is 6.92 Å². The number of rotatable bonds is 6. The van der Waals surface area contributed by atoms with Crippen LogP contribution in [0.3, 0.4) is 0 Å². The molecule has 1 heterocycles. The predicted octanol–water partition coefficient (Wildman–Crippen LogP) is 3.65. The van der Waals surface area contributed by atoms with Crippen molar-refractivity contribution in [2.75, 3.05) is 13.1 Å². The molecule has 1 aromatic rings. The lowest BCUT2D eigenvalue weighted by atomic mass is 9.91. The average Bonchev–Trinajstić information content (AvgIpc) is 2.80. The minimum absolute atomic E-state index is 0.444. The van der Waals surface area contributed by atoms with Crippen LogP contribution < -0.4 is 5.32 Å². The van der Waals surface area contributed by atoms with E-state index in [-0.39, 0.29) is 0 Å². The van der Waals surface area contributed by atoms with E-state index >= 15 is 0 Å². The third-order valence-corrected chi connectivity index (χ3v) is 4.02. The van der Waals surface area contributed by atoms with Gasteiger partial charge in [0.25, 0.3) is 0 Å². The Morgan fingerprint density at radius 3 is 2.84 bits per heavy atom. The topological polar surface area (TPSA) is 21.3 Å². The highest BCUT2D eigenvalue weighted by Gasteiger charge is 2.25. The van der Waals surface area contributed by atoms with E-state index in [9.17, 15) is 0 Å². The maximum atomic E-state index is 6.00. The van der Waals surface area contributed by atoms with E-state index < -0.39 is 0 Å². The monoisotopic (exact) mass is 261 g/mol. The summed E-state index contributed by atoms with van der Waals surface area (Å²) in [5.74, 6) is 0.565. The van der Waals surface area contributed by atoms with E-state index in [1.165, 1.54) is 24.0 Å². The van der Waals surface area contributed by atoms with Gasteiger partial charge in [0.1, 0.15) is 0 Å². The molecule has 1 aliphatic rings. The fourth-order valence-corrected chi connectivity index (χ4v) is 2.96. The van der Waals surface area contributed by atoms with Crippen LogP contribution in [0.25, 0.3) is 0 Å². The zero-order valence-corrected chi connectivity index (χ0v) is 12.5. The highest BCUT2D eigenvalue weighted by molar-refractivity contribution is 5.26. The first-order valence-electron chi connectivity index (χ1n) is 7.61. The Labute approximate surface area is 117 Å². The smallest absolute Gasteiger partial charge is 0.0586 e. The van der Waals surface area contributed by atoms with Crippen LogP contribution in [0.5, 0.6) is 0 Å². The number of benzene rings is 1. The Morgan fingerprint density at radius 2 is 2.21 bits per heavy atom. The number of hydrogen-bond acceptors (Lipinski definition) is 2. The summed E-state index contributed by atoms with van der Waals surface area (Å²) in [5, 5.41) is 3.50. The Balaban J connectivity index is 2.02. The molecule has 0 radical (unpaired) electrons. The van der Waals surface area contributed by atoms with Crippen molar-refractivity contribution >= 4 is 0 Å². The van der Waals surface area contributed by atoms with Gasteiger partial charge in [-0.2, -0.15) is 0 Å². The number of ether oxygens (including phenoxy) is 1. The van der Waals surface area contributed by atoms with Crippen molar-refractivity contribution in [1.82, 2.24) is 5.32 Å². The van der Waals surface area contributed by atoms with Crippen LogP contribution >= 0.6 is 0 Å². The SMILES string of the molecule is CCNCC(CC1CCC(C)O1)c1cccc(C)c1. The maximum Gasteiger partial charge on any atom is 0.0586 e. The molecular weight excluding hydrogens is 234 g/mol. The summed E-state index contributed by atoms with van der Waals surface area (Å²) in [4.78, 5) is 0. The molecule has 1 saturated heterocycles. The van der Waals surface area contributed by atoms with Gasteiger partial charge in [0.15, 0.2) is 0 Å². The van der Waals surface area contributed by atoms with Gasteiger partial charge in [-0.25, -0.2) is 0 Å². The molecule has 1 N–H and O–H groups in total. The van der Waals surface area contributed by atoms with Crippen molar-refractivity contribution in [3.05, 3.63) is 35.4 Å². The highest BCUT2D eigenvalue weighted by Crippen LogP contribution is 2.29. The van der Waals surface area contributed by atoms with E-state index in [4.69, 9.17) is 4.74 Å². The van der Waals surface area contributed by atoms with Crippen molar-refractivity contribution in [2.45, 2.75) is 58.2 Å². The Morgan fingerprint density at radius 1 is 1.37 bits per heavy atom. The second-order valence-electron chi connectivity index (χ2n) is 5.80. The molecule has 2 rings (SSSR count). The molecule has 0 aliphatic carbocycles. The molecule has 1 aromatic carbocycles. The number of aryl methyl sites for hydroxylation is 1. The van der Waals surface area contributed by atoms with Crippen molar-refractivity contribution in [1.29, 1.82) is 0 Å². The predicted molar refractivity (Wildman–Crippen MR) is 80.6 cm³/mol. The number of nitrogens with one attached hydrogen (secondary N) is 1. The zero-order chi connectivity index (χ0) is 13.7. The number of likely N-dealkylation sites (N-methyl/N-ethyl adjacent to an activating group) is 1. The fourth-order valence-electron chi connectivity index (χ4n) is 2.96. The molecule has 0 spiro atoms. The highest BCUT2D eigenvalue weighted by atomic mass is 16.5. The summed E-state index contributed by atoms with van der Waals surface area (Å²) in [6.45, 7) is 8.60. The Kier molecular flexibility index (Phi) is 5.41. The van der Waals surface area contributed by atoms with Gasteiger partial charge in [-0.15, -0.1) is 0 Å². The Bertz CT molecular complexity index is 391. The van der Waals surface area contributed by atoms with Crippen LogP contribution in [-0.4, -0.2) is 25.3 Å². The summed E-state index contributed by atoms with van der Waals surface area (Å²) in [7, 11) is 0. The van der Waals surface area contributed by atoms with Crippen molar-refractivity contribution in [3.8, 4) is 0 Å². The third-order valence-electron chi connectivity index (χ3n) is 4.02. The second kappa shape index (κ2) is 7.06. The van der Waals surface area contributed by atoms with Gasteiger partial charge in [-0.3, -0.25) is 0 Å². The first kappa shape index (κ1) is 14.5.